The first-order valence-electron chi connectivity index (χ1n) is 6.07. The minimum absolute atomic E-state index is 0.271. The number of carbonyl (C=O) groups excluding carboxylic acids is 1. The van der Waals surface area contributed by atoms with Gasteiger partial charge in [-0.25, -0.2) is 9.78 Å². The van der Waals surface area contributed by atoms with Crippen molar-refractivity contribution in [3.05, 3.63) is 18.3 Å². The molecule has 0 aliphatic heterocycles. The van der Waals surface area contributed by atoms with Crippen LogP contribution < -0.4 is 10.2 Å². The second-order valence-electron chi connectivity index (χ2n) is 3.89. The van der Waals surface area contributed by atoms with E-state index in [4.69, 9.17) is 0 Å². The van der Waals surface area contributed by atoms with E-state index < -0.39 is 18.9 Å². The number of halogens is 3. The lowest BCUT2D eigenvalue weighted by Gasteiger charge is -2.19. The molecule has 0 spiro atoms. The molecule has 8 heteroatoms. The molecular formula is C12H16F3N3O2. The van der Waals surface area contributed by atoms with Gasteiger partial charge in [-0.05, 0) is 26.0 Å². The van der Waals surface area contributed by atoms with Gasteiger partial charge in [0.05, 0.1) is 11.9 Å². The number of hydrogen-bond donors (Lipinski definition) is 1. The Morgan fingerprint density at radius 2 is 2.00 bits per heavy atom. The van der Waals surface area contributed by atoms with Crippen LogP contribution >= 0.6 is 0 Å². The van der Waals surface area contributed by atoms with Crippen molar-refractivity contribution >= 4 is 17.6 Å². The third kappa shape index (κ3) is 5.33. The largest absolute Gasteiger partial charge is 0.440 e. The summed E-state index contributed by atoms with van der Waals surface area (Å²) in [6.45, 7) is 3.90. The van der Waals surface area contributed by atoms with Crippen LogP contribution in [0.5, 0.6) is 0 Å². The predicted molar refractivity (Wildman–Crippen MR) is 68.8 cm³/mol. The summed E-state index contributed by atoms with van der Waals surface area (Å²) in [6, 6.07) is 3.22. The molecule has 0 saturated carbocycles. The Balaban J connectivity index is 2.55. The van der Waals surface area contributed by atoms with Crippen LogP contribution in [0.2, 0.25) is 0 Å². The van der Waals surface area contributed by atoms with Crippen LogP contribution in [0.3, 0.4) is 0 Å². The van der Waals surface area contributed by atoms with E-state index in [1.807, 2.05) is 18.7 Å². The molecule has 0 atom stereocenters. The molecule has 0 saturated heterocycles. The molecule has 20 heavy (non-hydrogen) atoms. The van der Waals surface area contributed by atoms with E-state index >= 15 is 0 Å². The average molecular weight is 291 g/mol. The van der Waals surface area contributed by atoms with Gasteiger partial charge in [0.15, 0.2) is 6.61 Å². The summed E-state index contributed by atoms with van der Waals surface area (Å²) < 4.78 is 39.6. The van der Waals surface area contributed by atoms with E-state index in [1.54, 1.807) is 12.1 Å². The lowest BCUT2D eigenvalue weighted by Crippen LogP contribution is -2.24. The van der Waals surface area contributed by atoms with Crippen molar-refractivity contribution in [1.82, 2.24) is 4.98 Å². The quantitative estimate of drug-likeness (QED) is 0.906. The highest BCUT2D eigenvalue weighted by molar-refractivity contribution is 5.84. The van der Waals surface area contributed by atoms with Gasteiger partial charge in [0.1, 0.15) is 5.82 Å². The molecule has 1 aromatic heterocycles. The Morgan fingerprint density at radius 1 is 1.35 bits per heavy atom. The highest BCUT2D eigenvalue weighted by Crippen LogP contribution is 2.16. The molecule has 0 aliphatic carbocycles. The molecule has 1 N–H and O–H groups in total. The lowest BCUT2D eigenvalue weighted by molar-refractivity contribution is -0.159. The first-order valence-corrected chi connectivity index (χ1v) is 6.07. The summed E-state index contributed by atoms with van der Waals surface area (Å²) in [4.78, 5) is 17.2. The smallest absolute Gasteiger partial charge is 0.422 e. The minimum atomic E-state index is -4.54. The number of anilines is 2. The van der Waals surface area contributed by atoms with E-state index in [9.17, 15) is 18.0 Å². The van der Waals surface area contributed by atoms with Crippen LogP contribution in [0.25, 0.3) is 0 Å². The summed E-state index contributed by atoms with van der Waals surface area (Å²) in [6.07, 6.45) is -4.34. The second kappa shape index (κ2) is 6.97. The Kier molecular flexibility index (Phi) is 5.60. The maximum Gasteiger partial charge on any atom is 0.422 e. The summed E-state index contributed by atoms with van der Waals surface area (Å²) >= 11 is 0. The van der Waals surface area contributed by atoms with Gasteiger partial charge < -0.3 is 9.64 Å². The Hall–Kier alpha value is -1.99. The fourth-order valence-electron chi connectivity index (χ4n) is 1.50. The molecule has 1 amide bonds. The van der Waals surface area contributed by atoms with Crippen molar-refractivity contribution in [3.8, 4) is 0 Å². The highest BCUT2D eigenvalue weighted by Gasteiger charge is 2.29. The van der Waals surface area contributed by atoms with Crippen molar-refractivity contribution in [2.24, 2.45) is 0 Å². The fraction of sp³-hybridized carbons (Fsp3) is 0.500. The van der Waals surface area contributed by atoms with Crippen LogP contribution in [-0.2, 0) is 4.74 Å². The Bertz CT molecular complexity index is 431. The van der Waals surface area contributed by atoms with E-state index in [0.717, 1.165) is 18.9 Å². The Labute approximate surface area is 114 Å². The van der Waals surface area contributed by atoms with Gasteiger partial charge in [-0.1, -0.05) is 0 Å². The van der Waals surface area contributed by atoms with Crippen LogP contribution in [0, 0.1) is 0 Å². The number of hydrogen-bond acceptors (Lipinski definition) is 4. The minimum Gasteiger partial charge on any atom is -0.440 e. The monoisotopic (exact) mass is 291 g/mol. The van der Waals surface area contributed by atoms with Gasteiger partial charge >= 0.3 is 12.3 Å². The molecule has 5 nitrogen and oxygen atoms in total. The first-order chi connectivity index (χ1) is 9.35. The molecule has 0 fully saturated rings. The zero-order valence-electron chi connectivity index (χ0n) is 11.2. The number of carbonyl (C=O) groups is 1. The zero-order chi connectivity index (χ0) is 15.2. The topological polar surface area (TPSA) is 54.5 Å². The maximum atomic E-state index is 11.9. The van der Waals surface area contributed by atoms with Gasteiger partial charge in [0, 0.05) is 13.1 Å². The van der Waals surface area contributed by atoms with Crippen molar-refractivity contribution in [2.75, 3.05) is 29.9 Å². The van der Waals surface area contributed by atoms with Gasteiger partial charge in [0.2, 0.25) is 0 Å². The molecule has 1 rings (SSSR count). The second-order valence-corrected chi connectivity index (χ2v) is 3.89. The van der Waals surface area contributed by atoms with E-state index in [2.05, 4.69) is 15.0 Å². The van der Waals surface area contributed by atoms with E-state index in [-0.39, 0.29) is 5.69 Å². The number of aromatic nitrogens is 1. The summed E-state index contributed by atoms with van der Waals surface area (Å²) in [5.41, 5.74) is 0.271. The van der Waals surface area contributed by atoms with Crippen LogP contribution in [0.4, 0.5) is 29.5 Å². The van der Waals surface area contributed by atoms with Crippen molar-refractivity contribution in [3.63, 3.8) is 0 Å². The van der Waals surface area contributed by atoms with Crippen molar-refractivity contribution in [1.29, 1.82) is 0 Å². The number of rotatable bonds is 5. The highest BCUT2D eigenvalue weighted by atomic mass is 19.4. The number of nitrogens with zero attached hydrogens (tertiary/aromatic N) is 2. The average Bonchev–Trinajstić information content (AvgIpc) is 2.39. The molecular weight excluding hydrogens is 275 g/mol. The molecule has 1 heterocycles. The van der Waals surface area contributed by atoms with E-state index in [1.165, 1.54) is 6.20 Å². The number of nitrogens with one attached hydrogen (secondary N) is 1. The number of ether oxygens (including phenoxy) is 1. The molecule has 0 aromatic carbocycles. The van der Waals surface area contributed by atoms with Gasteiger partial charge in [-0.3, -0.25) is 5.32 Å². The Morgan fingerprint density at radius 3 is 2.45 bits per heavy atom. The molecule has 1 aromatic rings. The SMILES string of the molecule is CCN(CC)c1ccc(NC(=O)OCC(F)(F)F)cn1. The summed E-state index contributed by atoms with van der Waals surface area (Å²) in [5.74, 6) is 0.726. The normalized spacial score (nSPS) is 11.1. The van der Waals surface area contributed by atoms with Crippen LogP contribution in [0.1, 0.15) is 13.8 Å². The predicted octanol–water partition coefficient (Wildman–Crippen LogP) is 3.04. The first kappa shape index (κ1) is 16.1. The lowest BCUT2D eigenvalue weighted by atomic mass is 10.3. The summed E-state index contributed by atoms with van der Waals surface area (Å²) in [5, 5.41) is 2.17. The fourth-order valence-corrected chi connectivity index (χ4v) is 1.50. The number of amides is 1. The molecule has 0 unspecified atom stereocenters. The molecule has 0 aliphatic rings. The van der Waals surface area contributed by atoms with Crippen LogP contribution in [-0.4, -0.2) is 36.9 Å². The van der Waals surface area contributed by atoms with Crippen molar-refractivity contribution < 1.29 is 22.7 Å². The van der Waals surface area contributed by atoms with Gasteiger partial charge in [-0.2, -0.15) is 13.2 Å². The maximum absolute atomic E-state index is 11.9. The van der Waals surface area contributed by atoms with Crippen molar-refractivity contribution in [2.45, 2.75) is 20.0 Å². The van der Waals surface area contributed by atoms with Crippen LogP contribution in [0.15, 0.2) is 18.3 Å². The standard InChI is InChI=1S/C12H16F3N3O2/c1-3-18(4-2)10-6-5-9(7-16-10)17-11(19)20-8-12(13,14)15/h5-7H,3-4,8H2,1-2H3,(H,17,19). The molecule has 0 radical (unpaired) electrons. The number of alkyl halides is 3. The third-order valence-electron chi connectivity index (χ3n) is 2.45. The van der Waals surface area contributed by atoms with Gasteiger partial charge in [-0.15, -0.1) is 0 Å². The van der Waals surface area contributed by atoms with E-state index in [0.29, 0.717) is 0 Å². The van der Waals surface area contributed by atoms with Gasteiger partial charge in [0.25, 0.3) is 0 Å². The molecule has 0 bridgehead atoms. The summed E-state index contributed by atoms with van der Waals surface area (Å²) in [7, 11) is 0. The number of pyridine rings is 1. The third-order valence-corrected chi connectivity index (χ3v) is 2.45. The zero-order valence-corrected chi connectivity index (χ0v) is 11.2. The molecule has 112 valence electrons.